The van der Waals surface area contributed by atoms with E-state index in [4.69, 9.17) is 21.1 Å². The highest BCUT2D eigenvalue weighted by Gasteiger charge is 2.12. The average molecular weight is 399 g/mol. The molecule has 0 atom stereocenters. The number of hydrogen-bond donors (Lipinski definition) is 1. The molecular formula is C18H21BrClNO2. The van der Waals surface area contributed by atoms with Crippen LogP contribution in [0.5, 0.6) is 11.5 Å². The fraction of sp³-hybridized carbons (Fsp3) is 0.333. The molecule has 124 valence electrons. The maximum atomic E-state index is 5.90. The third kappa shape index (κ3) is 5.41. The Hall–Kier alpha value is -1.23. The molecule has 0 saturated heterocycles. The quantitative estimate of drug-likeness (QED) is 0.645. The first kappa shape index (κ1) is 18.1. The average Bonchev–Trinajstić information content (AvgIpc) is 2.55. The van der Waals surface area contributed by atoms with Crippen molar-refractivity contribution in [3.8, 4) is 11.5 Å². The summed E-state index contributed by atoms with van der Waals surface area (Å²) >= 11 is 9.41. The predicted molar refractivity (Wildman–Crippen MR) is 98.7 cm³/mol. The van der Waals surface area contributed by atoms with Crippen LogP contribution in [0.2, 0.25) is 5.02 Å². The van der Waals surface area contributed by atoms with Gasteiger partial charge in [0.1, 0.15) is 0 Å². The zero-order valence-corrected chi connectivity index (χ0v) is 15.7. The minimum atomic E-state index is 0.607. The Labute approximate surface area is 151 Å². The first-order valence-electron chi connectivity index (χ1n) is 7.58. The molecule has 0 aliphatic carbocycles. The molecule has 3 nitrogen and oxygen atoms in total. The van der Waals surface area contributed by atoms with Crippen LogP contribution < -0.4 is 14.8 Å². The molecule has 0 aliphatic heterocycles. The van der Waals surface area contributed by atoms with E-state index >= 15 is 0 Å². The van der Waals surface area contributed by atoms with Gasteiger partial charge in [-0.05, 0) is 49.7 Å². The fourth-order valence-electron chi connectivity index (χ4n) is 2.32. The number of rotatable bonds is 8. The van der Waals surface area contributed by atoms with Crippen molar-refractivity contribution >= 4 is 27.5 Å². The van der Waals surface area contributed by atoms with Gasteiger partial charge in [-0.1, -0.05) is 39.7 Å². The lowest BCUT2D eigenvalue weighted by molar-refractivity contribution is 0.306. The molecule has 5 heteroatoms. The maximum absolute atomic E-state index is 5.90. The van der Waals surface area contributed by atoms with Crippen LogP contribution in [0.25, 0.3) is 0 Å². The summed E-state index contributed by atoms with van der Waals surface area (Å²) in [7, 11) is 1.65. The van der Waals surface area contributed by atoms with E-state index in [1.165, 1.54) is 5.56 Å². The normalized spacial score (nSPS) is 10.6. The Balaban J connectivity index is 1.96. The van der Waals surface area contributed by atoms with E-state index in [2.05, 4.69) is 39.4 Å². The molecule has 2 aromatic rings. The number of halogens is 2. The van der Waals surface area contributed by atoms with Gasteiger partial charge in [0.15, 0.2) is 11.5 Å². The Bertz CT molecular complexity index is 632. The van der Waals surface area contributed by atoms with Crippen LogP contribution in [-0.2, 0) is 13.0 Å². The highest BCUT2D eigenvalue weighted by molar-refractivity contribution is 9.10. The molecule has 0 aliphatic rings. The molecule has 0 unspecified atom stereocenters. The highest BCUT2D eigenvalue weighted by Crippen LogP contribution is 2.34. The lowest BCUT2D eigenvalue weighted by Gasteiger charge is -2.15. The monoisotopic (exact) mass is 397 g/mol. The van der Waals surface area contributed by atoms with Crippen LogP contribution >= 0.6 is 27.5 Å². The molecule has 0 radical (unpaired) electrons. The molecule has 0 aromatic heterocycles. The molecule has 0 spiro atoms. The van der Waals surface area contributed by atoms with Gasteiger partial charge in [0, 0.05) is 21.6 Å². The van der Waals surface area contributed by atoms with Crippen LogP contribution in [0.15, 0.2) is 40.9 Å². The van der Waals surface area contributed by atoms with Gasteiger partial charge in [-0.2, -0.15) is 0 Å². The second-order valence-corrected chi connectivity index (χ2v) is 6.43. The van der Waals surface area contributed by atoms with Gasteiger partial charge in [-0.3, -0.25) is 0 Å². The molecule has 23 heavy (non-hydrogen) atoms. The lowest BCUT2D eigenvalue weighted by Crippen LogP contribution is -2.17. The highest BCUT2D eigenvalue weighted by atomic mass is 79.9. The molecule has 0 amide bonds. The van der Waals surface area contributed by atoms with Gasteiger partial charge in [0.05, 0.1) is 13.7 Å². The summed E-state index contributed by atoms with van der Waals surface area (Å²) in [6.45, 7) is 4.18. The fourth-order valence-corrected chi connectivity index (χ4v) is 2.93. The molecular weight excluding hydrogens is 378 g/mol. The summed E-state index contributed by atoms with van der Waals surface area (Å²) in [5.41, 5.74) is 2.34. The van der Waals surface area contributed by atoms with E-state index in [1.54, 1.807) is 7.11 Å². The van der Waals surface area contributed by atoms with E-state index in [0.717, 1.165) is 46.1 Å². The van der Waals surface area contributed by atoms with Crippen LogP contribution in [0.3, 0.4) is 0 Å². The Morgan fingerprint density at radius 1 is 1.17 bits per heavy atom. The Morgan fingerprint density at radius 2 is 1.91 bits per heavy atom. The topological polar surface area (TPSA) is 30.5 Å². The predicted octanol–water partition coefficient (Wildman–Crippen LogP) is 4.84. The Kier molecular flexibility index (Phi) is 7.21. The van der Waals surface area contributed by atoms with Gasteiger partial charge < -0.3 is 14.8 Å². The number of hydrogen-bond acceptors (Lipinski definition) is 3. The standard InChI is InChI=1S/C18H21BrClNO2/c1-3-23-18-14(10-15(19)11-17(18)22-2)12-21-9-8-13-4-6-16(20)7-5-13/h4-7,10-11,21H,3,8-9,12H2,1-2H3. The third-order valence-corrected chi connectivity index (χ3v) is 4.13. The van der Waals surface area contributed by atoms with Crippen molar-refractivity contribution in [2.24, 2.45) is 0 Å². The van der Waals surface area contributed by atoms with Gasteiger partial charge >= 0.3 is 0 Å². The molecule has 0 fully saturated rings. The van der Waals surface area contributed by atoms with Crippen molar-refractivity contribution in [3.05, 3.63) is 57.0 Å². The smallest absolute Gasteiger partial charge is 0.165 e. The summed E-state index contributed by atoms with van der Waals surface area (Å²) in [6.07, 6.45) is 0.951. The van der Waals surface area contributed by atoms with Crippen molar-refractivity contribution in [3.63, 3.8) is 0 Å². The van der Waals surface area contributed by atoms with Gasteiger partial charge in [0.25, 0.3) is 0 Å². The minimum Gasteiger partial charge on any atom is -0.493 e. The van der Waals surface area contributed by atoms with Crippen molar-refractivity contribution in [1.29, 1.82) is 0 Å². The summed E-state index contributed by atoms with van der Waals surface area (Å²) in [4.78, 5) is 0. The maximum Gasteiger partial charge on any atom is 0.165 e. The van der Waals surface area contributed by atoms with Crippen LogP contribution in [0.4, 0.5) is 0 Å². The number of ether oxygens (including phenoxy) is 2. The summed E-state index contributed by atoms with van der Waals surface area (Å²) in [5, 5.41) is 4.22. The van der Waals surface area contributed by atoms with Crippen LogP contribution in [0, 0.1) is 0 Å². The number of benzene rings is 2. The number of methoxy groups -OCH3 is 1. The zero-order chi connectivity index (χ0) is 16.7. The lowest BCUT2D eigenvalue weighted by atomic mass is 10.1. The second-order valence-electron chi connectivity index (χ2n) is 5.08. The van der Waals surface area contributed by atoms with Gasteiger partial charge in [0.2, 0.25) is 0 Å². The van der Waals surface area contributed by atoms with Crippen LogP contribution in [-0.4, -0.2) is 20.3 Å². The first-order valence-corrected chi connectivity index (χ1v) is 8.75. The molecule has 0 saturated carbocycles. The summed E-state index contributed by atoms with van der Waals surface area (Å²) in [6, 6.07) is 11.9. The van der Waals surface area contributed by atoms with Crippen molar-refractivity contribution in [1.82, 2.24) is 5.32 Å². The van der Waals surface area contributed by atoms with E-state index < -0.39 is 0 Å². The van der Waals surface area contributed by atoms with E-state index in [9.17, 15) is 0 Å². The minimum absolute atomic E-state index is 0.607. The Morgan fingerprint density at radius 3 is 2.57 bits per heavy atom. The van der Waals surface area contributed by atoms with E-state index in [1.807, 2.05) is 25.1 Å². The largest absolute Gasteiger partial charge is 0.493 e. The van der Waals surface area contributed by atoms with Crippen LogP contribution in [0.1, 0.15) is 18.1 Å². The van der Waals surface area contributed by atoms with Crippen molar-refractivity contribution < 1.29 is 9.47 Å². The molecule has 0 heterocycles. The SMILES string of the molecule is CCOc1c(CNCCc2ccc(Cl)cc2)cc(Br)cc1OC. The summed E-state index contributed by atoms with van der Waals surface area (Å²) < 4.78 is 12.1. The molecule has 0 bridgehead atoms. The van der Waals surface area contributed by atoms with Crippen molar-refractivity contribution in [2.75, 3.05) is 20.3 Å². The number of nitrogens with one attached hydrogen (secondary N) is 1. The molecule has 2 aromatic carbocycles. The summed E-state index contributed by atoms with van der Waals surface area (Å²) in [5.74, 6) is 1.55. The van der Waals surface area contributed by atoms with Gasteiger partial charge in [-0.25, -0.2) is 0 Å². The van der Waals surface area contributed by atoms with E-state index in [0.29, 0.717) is 6.61 Å². The first-order chi connectivity index (χ1) is 11.1. The molecule has 2 rings (SSSR count). The van der Waals surface area contributed by atoms with E-state index in [-0.39, 0.29) is 0 Å². The third-order valence-electron chi connectivity index (χ3n) is 3.42. The zero-order valence-electron chi connectivity index (χ0n) is 13.4. The van der Waals surface area contributed by atoms with Gasteiger partial charge in [-0.15, -0.1) is 0 Å². The molecule has 1 N–H and O–H groups in total. The van der Waals surface area contributed by atoms with Crippen molar-refractivity contribution in [2.45, 2.75) is 19.9 Å². The second kappa shape index (κ2) is 9.16.